The minimum Gasteiger partial charge on any atom is -0.486 e. The standard InChI is InChI=1S/C31H20Cl3N3O3/c1-18-6-8-19(9-7-18)17-39-29-24(33)12-20(13-25(29)34)16-35-37-30(36-26-5-3-2-4-23(26)31(37)38)28-15-21-14-22(32)10-11-27(21)40-28/h2-16H,17H2,1H3. The van der Waals surface area contributed by atoms with Crippen molar-refractivity contribution >= 4 is 62.9 Å². The predicted octanol–water partition coefficient (Wildman–Crippen LogP) is 8.54. The third kappa shape index (κ3) is 5.21. The highest BCUT2D eigenvalue weighted by atomic mass is 35.5. The van der Waals surface area contributed by atoms with E-state index in [2.05, 4.69) is 5.10 Å². The highest BCUT2D eigenvalue weighted by Gasteiger charge is 2.17. The fourth-order valence-electron chi connectivity index (χ4n) is 4.27. The van der Waals surface area contributed by atoms with Crippen molar-refractivity contribution in [2.24, 2.45) is 5.10 Å². The van der Waals surface area contributed by atoms with Gasteiger partial charge in [0.05, 0.1) is 27.2 Å². The molecule has 0 aliphatic rings. The normalized spacial score (nSPS) is 11.6. The highest BCUT2D eigenvalue weighted by Crippen LogP contribution is 2.35. The minimum absolute atomic E-state index is 0.238. The second-order valence-electron chi connectivity index (χ2n) is 9.19. The Bertz CT molecular complexity index is 1960. The maximum atomic E-state index is 13.5. The molecule has 0 unspecified atom stereocenters. The molecule has 9 heteroatoms. The van der Waals surface area contributed by atoms with Crippen molar-refractivity contribution in [2.75, 3.05) is 0 Å². The van der Waals surface area contributed by atoms with E-state index in [9.17, 15) is 4.79 Å². The summed E-state index contributed by atoms with van der Waals surface area (Å²) < 4.78 is 13.1. The molecule has 6 aromatic rings. The zero-order valence-electron chi connectivity index (χ0n) is 21.1. The third-order valence-corrected chi connectivity index (χ3v) is 7.10. The summed E-state index contributed by atoms with van der Waals surface area (Å²) in [6, 6.07) is 25.5. The molecule has 0 amide bonds. The van der Waals surface area contributed by atoms with Gasteiger partial charge in [0.1, 0.15) is 12.2 Å². The Labute approximate surface area is 244 Å². The summed E-state index contributed by atoms with van der Waals surface area (Å²) in [5.41, 5.74) is 3.50. The van der Waals surface area contributed by atoms with Gasteiger partial charge in [-0.15, -0.1) is 0 Å². The highest BCUT2D eigenvalue weighted by molar-refractivity contribution is 6.37. The van der Waals surface area contributed by atoms with Gasteiger partial charge in [0.15, 0.2) is 11.5 Å². The van der Waals surface area contributed by atoms with Gasteiger partial charge in [-0.05, 0) is 66.6 Å². The molecule has 40 heavy (non-hydrogen) atoms. The molecule has 6 rings (SSSR count). The zero-order valence-corrected chi connectivity index (χ0v) is 23.3. The van der Waals surface area contributed by atoms with E-state index >= 15 is 0 Å². The SMILES string of the molecule is Cc1ccc(COc2c(Cl)cc(C=Nn3c(-c4cc5cc(Cl)ccc5o4)nc4ccccc4c3=O)cc2Cl)cc1. The summed E-state index contributed by atoms with van der Waals surface area (Å²) in [7, 11) is 0. The first-order valence-corrected chi connectivity index (χ1v) is 13.4. The molecule has 0 fully saturated rings. The molecule has 6 nitrogen and oxygen atoms in total. The molecule has 0 radical (unpaired) electrons. The van der Waals surface area contributed by atoms with E-state index in [0.717, 1.165) is 16.5 Å². The zero-order chi connectivity index (χ0) is 27.8. The number of nitrogens with zero attached hydrogens (tertiary/aromatic N) is 3. The summed E-state index contributed by atoms with van der Waals surface area (Å²) in [5.74, 6) is 0.975. The Kier molecular flexibility index (Phi) is 7.07. The Hall–Kier alpha value is -4.10. The number of aromatic nitrogens is 2. The van der Waals surface area contributed by atoms with Crippen molar-refractivity contribution in [3.8, 4) is 17.3 Å². The first-order valence-electron chi connectivity index (χ1n) is 12.3. The van der Waals surface area contributed by atoms with Gasteiger partial charge in [-0.3, -0.25) is 4.79 Å². The average Bonchev–Trinajstić information content (AvgIpc) is 3.36. The van der Waals surface area contributed by atoms with Crippen molar-refractivity contribution in [1.82, 2.24) is 9.66 Å². The molecule has 2 aromatic heterocycles. The third-order valence-electron chi connectivity index (χ3n) is 6.30. The van der Waals surface area contributed by atoms with E-state index in [1.807, 2.05) is 37.3 Å². The first kappa shape index (κ1) is 26.1. The average molecular weight is 589 g/mol. The van der Waals surface area contributed by atoms with Gasteiger partial charge in [-0.2, -0.15) is 9.78 Å². The second kappa shape index (κ2) is 10.8. The molecule has 0 N–H and O–H groups in total. The van der Waals surface area contributed by atoms with Crippen LogP contribution in [0.15, 0.2) is 99.2 Å². The summed E-state index contributed by atoms with van der Waals surface area (Å²) >= 11 is 19.2. The maximum Gasteiger partial charge on any atom is 0.282 e. The molecule has 0 saturated carbocycles. The van der Waals surface area contributed by atoms with Gasteiger partial charge in [0.2, 0.25) is 5.82 Å². The number of benzene rings is 4. The molecule has 0 saturated heterocycles. The first-order chi connectivity index (χ1) is 19.4. The number of furan rings is 1. The lowest BCUT2D eigenvalue weighted by atomic mass is 10.2. The van der Waals surface area contributed by atoms with Crippen molar-refractivity contribution in [1.29, 1.82) is 0 Å². The van der Waals surface area contributed by atoms with Crippen LogP contribution in [0.25, 0.3) is 33.5 Å². The number of hydrogen-bond acceptors (Lipinski definition) is 5. The van der Waals surface area contributed by atoms with Gasteiger partial charge in [0.25, 0.3) is 5.56 Å². The Morgan fingerprint density at radius 2 is 1.70 bits per heavy atom. The molecular formula is C31H20Cl3N3O3. The van der Waals surface area contributed by atoms with Gasteiger partial charge in [0, 0.05) is 10.4 Å². The van der Waals surface area contributed by atoms with Crippen LogP contribution in [-0.2, 0) is 6.61 Å². The van der Waals surface area contributed by atoms with Crippen molar-refractivity contribution in [3.05, 3.63) is 127 Å². The van der Waals surface area contributed by atoms with Gasteiger partial charge >= 0.3 is 0 Å². The van der Waals surface area contributed by atoms with E-state index in [0.29, 0.717) is 55.2 Å². The van der Waals surface area contributed by atoms with Gasteiger partial charge in [-0.1, -0.05) is 76.8 Å². The van der Waals surface area contributed by atoms with E-state index in [4.69, 9.17) is 48.9 Å². The fraction of sp³-hybridized carbons (Fsp3) is 0.0645. The summed E-state index contributed by atoms with van der Waals surface area (Å²) in [5, 5.41) is 6.88. The molecule has 198 valence electrons. The number of aryl methyl sites for hydroxylation is 1. The lowest BCUT2D eigenvalue weighted by Gasteiger charge is -2.11. The van der Waals surface area contributed by atoms with E-state index in [-0.39, 0.29) is 11.4 Å². The monoisotopic (exact) mass is 587 g/mol. The predicted molar refractivity (Wildman–Crippen MR) is 161 cm³/mol. The van der Waals surface area contributed by atoms with Crippen LogP contribution in [0.5, 0.6) is 5.75 Å². The van der Waals surface area contributed by atoms with E-state index in [1.54, 1.807) is 54.6 Å². The van der Waals surface area contributed by atoms with E-state index in [1.165, 1.54) is 10.9 Å². The van der Waals surface area contributed by atoms with Crippen LogP contribution < -0.4 is 10.3 Å². The minimum atomic E-state index is -0.356. The van der Waals surface area contributed by atoms with Crippen LogP contribution in [0, 0.1) is 6.92 Å². The Morgan fingerprint density at radius 3 is 2.48 bits per heavy atom. The lowest BCUT2D eigenvalue weighted by Crippen LogP contribution is -2.20. The summed E-state index contributed by atoms with van der Waals surface area (Å²) in [4.78, 5) is 18.2. The van der Waals surface area contributed by atoms with Crippen molar-refractivity contribution in [3.63, 3.8) is 0 Å². The van der Waals surface area contributed by atoms with Crippen LogP contribution >= 0.6 is 34.8 Å². The van der Waals surface area contributed by atoms with Gasteiger partial charge in [-0.25, -0.2) is 4.98 Å². The molecule has 0 aliphatic carbocycles. The Morgan fingerprint density at radius 1 is 0.950 bits per heavy atom. The number of para-hydroxylation sites is 1. The smallest absolute Gasteiger partial charge is 0.282 e. The number of rotatable bonds is 6. The number of ether oxygens (including phenoxy) is 1. The molecule has 4 aromatic carbocycles. The fourth-order valence-corrected chi connectivity index (χ4v) is 5.06. The number of fused-ring (bicyclic) bond motifs is 2. The second-order valence-corrected chi connectivity index (χ2v) is 10.4. The molecule has 0 spiro atoms. The van der Waals surface area contributed by atoms with E-state index < -0.39 is 0 Å². The quantitative estimate of drug-likeness (QED) is 0.183. The molecule has 0 atom stereocenters. The largest absolute Gasteiger partial charge is 0.486 e. The maximum absolute atomic E-state index is 13.5. The van der Waals surface area contributed by atoms with Crippen molar-refractivity contribution < 1.29 is 9.15 Å². The number of halogens is 3. The molecule has 2 heterocycles. The summed E-state index contributed by atoms with van der Waals surface area (Å²) in [6.07, 6.45) is 1.49. The number of hydrogen-bond donors (Lipinski definition) is 0. The Balaban J connectivity index is 1.37. The molecule has 0 aliphatic heterocycles. The van der Waals surface area contributed by atoms with Crippen molar-refractivity contribution in [2.45, 2.75) is 13.5 Å². The van der Waals surface area contributed by atoms with Gasteiger partial charge < -0.3 is 9.15 Å². The molecular weight excluding hydrogens is 569 g/mol. The van der Waals surface area contributed by atoms with Crippen LogP contribution in [0.2, 0.25) is 15.1 Å². The van der Waals surface area contributed by atoms with Crippen LogP contribution in [0.3, 0.4) is 0 Å². The lowest BCUT2D eigenvalue weighted by molar-refractivity contribution is 0.306. The molecule has 0 bridgehead atoms. The summed E-state index contributed by atoms with van der Waals surface area (Å²) in [6.45, 7) is 2.34. The topological polar surface area (TPSA) is 69.6 Å². The van der Waals surface area contributed by atoms with Crippen LogP contribution in [0.4, 0.5) is 0 Å². The van der Waals surface area contributed by atoms with Crippen LogP contribution in [-0.4, -0.2) is 15.9 Å². The van der Waals surface area contributed by atoms with Crippen LogP contribution in [0.1, 0.15) is 16.7 Å².